The molecule has 1 unspecified atom stereocenters. The van der Waals surface area contributed by atoms with Gasteiger partial charge in [0, 0.05) is 0 Å². The molecule has 0 amide bonds. The number of aliphatic carboxylic acids is 1. The van der Waals surface area contributed by atoms with Gasteiger partial charge in [0.05, 0.1) is 5.92 Å². The van der Waals surface area contributed by atoms with Crippen molar-refractivity contribution in [3.8, 4) is 0 Å². The van der Waals surface area contributed by atoms with Crippen LogP contribution < -0.4 is 0 Å². The number of hydrogen-bond donors (Lipinski definition) is 1. The molecule has 1 N–H and O–H groups in total. The molecule has 0 radical (unpaired) electrons. The highest BCUT2D eigenvalue weighted by Crippen LogP contribution is 2.22. The van der Waals surface area contributed by atoms with Crippen LogP contribution in [0.25, 0.3) is 0 Å². The van der Waals surface area contributed by atoms with E-state index in [1.807, 2.05) is 0 Å². The van der Waals surface area contributed by atoms with Crippen LogP contribution in [-0.2, 0) is 11.2 Å². The molecule has 0 aromatic heterocycles. The first-order valence-corrected chi connectivity index (χ1v) is 5.79. The van der Waals surface area contributed by atoms with Crippen molar-refractivity contribution < 1.29 is 18.7 Å². The van der Waals surface area contributed by atoms with Crippen LogP contribution in [0, 0.1) is 11.6 Å². The largest absolute Gasteiger partial charge is 0.481 e. The van der Waals surface area contributed by atoms with Crippen LogP contribution in [0.2, 0.25) is 0 Å². The minimum absolute atomic E-state index is 0.122. The summed E-state index contributed by atoms with van der Waals surface area (Å²) in [6, 6.07) is 12.1. The summed E-state index contributed by atoms with van der Waals surface area (Å²) >= 11 is 0. The molecular weight excluding hydrogens is 250 g/mol. The third-order valence-corrected chi connectivity index (χ3v) is 2.92. The highest BCUT2D eigenvalue weighted by atomic mass is 19.2. The molecule has 2 rings (SSSR count). The van der Waals surface area contributed by atoms with E-state index in [4.69, 9.17) is 0 Å². The van der Waals surface area contributed by atoms with Crippen LogP contribution in [-0.4, -0.2) is 11.1 Å². The number of hydrogen-bond acceptors (Lipinski definition) is 1. The Kier molecular flexibility index (Phi) is 3.90. The van der Waals surface area contributed by atoms with Crippen molar-refractivity contribution in [1.82, 2.24) is 0 Å². The maximum Gasteiger partial charge on any atom is 0.311 e. The zero-order valence-electron chi connectivity index (χ0n) is 10.0. The molecule has 0 aliphatic rings. The first-order valence-electron chi connectivity index (χ1n) is 5.79. The summed E-state index contributed by atoms with van der Waals surface area (Å²) in [6.45, 7) is 0. The van der Waals surface area contributed by atoms with Crippen molar-refractivity contribution in [3.05, 3.63) is 71.3 Å². The fraction of sp³-hybridized carbons (Fsp3) is 0.133. The third kappa shape index (κ3) is 3.16. The van der Waals surface area contributed by atoms with E-state index in [1.165, 1.54) is 6.07 Å². The Labute approximate surface area is 109 Å². The Morgan fingerprint density at radius 3 is 2.32 bits per heavy atom. The van der Waals surface area contributed by atoms with E-state index in [9.17, 15) is 18.7 Å². The molecule has 0 bridgehead atoms. The lowest BCUT2D eigenvalue weighted by Crippen LogP contribution is -2.14. The van der Waals surface area contributed by atoms with Crippen LogP contribution in [0.15, 0.2) is 48.5 Å². The van der Waals surface area contributed by atoms with Gasteiger partial charge in [-0.05, 0) is 29.7 Å². The normalized spacial score (nSPS) is 12.1. The molecule has 2 aromatic rings. The second kappa shape index (κ2) is 5.61. The second-order valence-electron chi connectivity index (χ2n) is 4.25. The predicted octanol–water partition coefficient (Wildman–Crippen LogP) is 3.38. The summed E-state index contributed by atoms with van der Waals surface area (Å²) in [5.41, 5.74) is 1.09. The second-order valence-corrected chi connectivity index (χ2v) is 4.25. The molecule has 0 saturated carbocycles. The fourth-order valence-corrected chi connectivity index (χ4v) is 1.94. The Hall–Kier alpha value is -2.23. The molecule has 0 heterocycles. The molecule has 19 heavy (non-hydrogen) atoms. The van der Waals surface area contributed by atoms with Gasteiger partial charge in [-0.3, -0.25) is 4.79 Å². The average molecular weight is 262 g/mol. The summed E-state index contributed by atoms with van der Waals surface area (Å²) in [4.78, 5) is 11.3. The van der Waals surface area contributed by atoms with Gasteiger partial charge < -0.3 is 5.11 Å². The Morgan fingerprint density at radius 1 is 1.05 bits per heavy atom. The fourth-order valence-electron chi connectivity index (χ4n) is 1.94. The first-order chi connectivity index (χ1) is 9.08. The highest BCUT2D eigenvalue weighted by Gasteiger charge is 2.20. The van der Waals surface area contributed by atoms with Gasteiger partial charge in [0.2, 0.25) is 0 Å². The minimum Gasteiger partial charge on any atom is -0.481 e. The van der Waals surface area contributed by atoms with Crippen molar-refractivity contribution in [2.75, 3.05) is 0 Å². The summed E-state index contributed by atoms with van der Waals surface area (Å²) in [5.74, 6) is -3.66. The topological polar surface area (TPSA) is 37.3 Å². The van der Waals surface area contributed by atoms with Gasteiger partial charge in [0.25, 0.3) is 0 Å². The van der Waals surface area contributed by atoms with E-state index in [0.29, 0.717) is 11.1 Å². The molecule has 98 valence electrons. The number of benzene rings is 2. The van der Waals surface area contributed by atoms with Gasteiger partial charge in [-0.15, -0.1) is 0 Å². The number of carboxylic acids is 1. The van der Waals surface area contributed by atoms with Crippen molar-refractivity contribution in [3.63, 3.8) is 0 Å². The molecule has 4 heteroatoms. The molecule has 0 fully saturated rings. The smallest absolute Gasteiger partial charge is 0.311 e. The molecule has 0 spiro atoms. The summed E-state index contributed by atoms with van der Waals surface area (Å²) < 4.78 is 25.9. The van der Waals surface area contributed by atoms with E-state index in [2.05, 4.69) is 0 Å². The van der Waals surface area contributed by atoms with Crippen molar-refractivity contribution >= 4 is 5.97 Å². The van der Waals surface area contributed by atoms with Crippen molar-refractivity contribution in [2.45, 2.75) is 12.3 Å². The van der Waals surface area contributed by atoms with Gasteiger partial charge in [-0.25, -0.2) is 8.78 Å². The summed E-state index contributed by atoms with van der Waals surface area (Å²) in [7, 11) is 0. The van der Waals surface area contributed by atoms with Gasteiger partial charge in [0.1, 0.15) is 0 Å². The standard InChI is InChI=1S/C15H12F2O2/c16-13-7-6-10(9-14(13)17)8-12(15(18)19)11-4-2-1-3-5-11/h1-7,9,12H,8H2,(H,18,19). The van der Waals surface area contributed by atoms with Crippen molar-refractivity contribution in [2.24, 2.45) is 0 Å². The molecule has 0 aliphatic carbocycles. The number of rotatable bonds is 4. The number of carboxylic acid groups (broad SMARTS) is 1. The predicted molar refractivity (Wildman–Crippen MR) is 66.9 cm³/mol. The van der Waals surface area contributed by atoms with Gasteiger partial charge >= 0.3 is 5.97 Å². The minimum atomic E-state index is -0.990. The Balaban J connectivity index is 2.27. The van der Waals surface area contributed by atoms with Crippen LogP contribution in [0.5, 0.6) is 0 Å². The van der Waals surface area contributed by atoms with Crippen LogP contribution in [0.4, 0.5) is 8.78 Å². The molecular formula is C15H12F2O2. The van der Waals surface area contributed by atoms with Gasteiger partial charge in [0.15, 0.2) is 11.6 Å². The third-order valence-electron chi connectivity index (χ3n) is 2.92. The van der Waals surface area contributed by atoms with E-state index in [1.54, 1.807) is 30.3 Å². The summed E-state index contributed by atoms with van der Waals surface area (Å²) in [5, 5.41) is 9.24. The first kappa shape index (κ1) is 13.2. The molecule has 2 aromatic carbocycles. The van der Waals surface area contributed by atoms with Gasteiger partial charge in [-0.1, -0.05) is 36.4 Å². The monoisotopic (exact) mass is 262 g/mol. The lowest BCUT2D eigenvalue weighted by atomic mass is 9.92. The Bertz CT molecular complexity index is 582. The van der Waals surface area contributed by atoms with E-state index in [-0.39, 0.29) is 6.42 Å². The van der Waals surface area contributed by atoms with Crippen LogP contribution >= 0.6 is 0 Å². The lowest BCUT2D eigenvalue weighted by Gasteiger charge is -2.13. The SMILES string of the molecule is O=C(O)C(Cc1ccc(F)c(F)c1)c1ccccc1. The van der Waals surface area contributed by atoms with Crippen LogP contribution in [0.3, 0.4) is 0 Å². The number of halogens is 2. The van der Waals surface area contributed by atoms with Crippen molar-refractivity contribution in [1.29, 1.82) is 0 Å². The zero-order valence-corrected chi connectivity index (χ0v) is 10.0. The maximum atomic E-state index is 13.1. The average Bonchev–Trinajstić information content (AvgIpc) is 2.40. The van der Waals surface area contributed by atoms with E-state index >= 15 is 0 Å². The lowest BCUT2D eigenvalue weighted by molar-refractivity contribution is -0.138. The highest BCUT2D eigenvalue weighted by molar-refractivity contribution is 5.76. The number of carbonyl (C=O) groups is 1. The quantitative estimate of drug-likeness (QED) is 0.917. The maximum absolute atomic E-state index is 13.1. The van der Waals surface area contributed by atoms with Gasteiger partial charge in [-0.2, -0.15) is 0 Å². The molecule has 2 nitrogen and oxygen atoms in total. The molecule has 1 atom stereocenters. The molecule has 0 saturated heterocycles. The Morgan fingerprint density at radius 2 is 1.74 bits per heavy atom. The van der Waals surface area contributed by atoms with E-state index < -0.39 is 23.5 Å². The summed E-state index contributed by atoms with van der Waals surface area (Å²) in [6.07, 6.45) is 0.122. The molecule has 0 aliphatic heterocycles. The zero-order chi connectivity index (χ0) is 13.8. The van der Waals surface area contributed by atoms with E-state index in [0.717, 1.165) is 12.1 Å². The van der Waals surface area contributed by atoms with Crippen LogP contribution in [0.1, 0.15) is 17.0 Å².